The molecule has 1 unspecified atom stereocenters. The molecule has 1 aliphatic rings. The summed E-state index contributed by atoms with van der Waals surface area (Å²) in [6, 6.07) is 18.0. The van der Waals surface area contributed by atoms with Crippen LogP contribution in [0.5, 0.6) is 5.75 Å². The van der Waals surface area contributed by atoms with Crippen LogP contribution in [0, 0.1) is 5.82 Å². The highest BCUT2D eigenvalue weighted by Gasteiger charge is 2.36. The number of aromatic hydroxyl groups is 1. The lowest BCUT2D eigenvalue weighted by Gasteiger charge is -2.38. The predicted molar refractivity (Wildman–Crippen MR) is 102 cm³/mol. The summed E-state index contributed by atoms with van der Waals surface area (Å²) in [6.07, 6.45) is -0.654. The molecule has 1 amide bonds. The van der Waals surface area contributed by atoms with Gasteiger partial charge in [0.05, 0.1) is 11.1 Å². The molecule has 2 N–H and O–H groups in total. The lowest BCUT2D eigenvalue weighted by atomic mass is 10.0. The zero-order chi connectivity index (χ0) is 18.3. The number of hydrogen-bond donors (Lipinski definition) is 2. The Bertz CT molecular complexity index is 971. The number of benzene rings is 3. The number of anilines is 2. The van der Waals surface area contributed by atoms with Crippen molar-refractivity contribution < 1.29 is 14.3 Å². The van der Waals surface area contributed by atoms with Crippen molar-refractivity contribution in [3.63, 3.8) is 0 Å². The molecule has 130 valence electrons. The third-order valence-electron chi connectivity index (χ3n) is 4.33. The maximum Gasteiger partial charge on any atom is 0.262 e. The Morgan fingerprint density at radius 3 is 2.46 bits per heavy atom. The van der Waals surface area contributed by atoms with Crippen LogP contribution in [0.25, 0.3) is 0 Å². The van der Waals surface area contributed by atoms with Crippen molar-refractivity contribution in [3.8, 4) is 5.75 Å². The minimum atomic E-state index is -0.654. The molecule has 1 atom stereocenters. The van der Waals surface area contributed by atoms with Crippen LogP contribution in [0.2, 0.25) is 0 Å². The van der Waals surface area contributed by atoms with Crippen molar-refractivity contribution in [1.29, 1.82) is 0 Å². The van der Waals surface area contributed by atoms with E-state index in [1.165, 1.54) is 17.0 Å². The van der Waals surface area contributed by atoms with E-state index in [4.69, 9.17) is 0 Å². The van der Waals surface area contributed by atoms with Crippen molar-refractivity contribution in [2.45, 2.75) is 6.17 Å². The van der Waals surface area contributed by atoms with E-state index >= 15 is 0 Å². The first-order valence-electron chi connectivity index (χ1n) is 7.98. The van der Waals surface area contributed by atoms with Gasteiger partial charge in [0.1, 0.15) is 17.7 Å². The summed E-state index contributed by atoms with van der Waals surface area (Å²) >= 11 is 3.46. The first-order chi connectivity index (χ1) is 12.6. The number of phenolic OH excluding ortho intramolecular Hbond substituents is 1. The van der Waals surface area contributed by atoms with Gasteiger partial charge < -0.3 is 10.4 Å². The number of hydrogen-bond acceptors (Lipinski definition) is 3. The van der Waals surface area contributed by atoms with Crippen molar-refractivity contribution in [1.82, 2.24) is 0 Å². The number of amides is 1. The molecule has 4 nitrogen and oxygen atoms in total. The number of rotatable bonds is 2. The number of nitrogens with one attached hydrogen (secondary N) is 1. The molecule has 1 heterocycles. The van der Waals surface area contributed by atoms with Crippen LogP contribution < -0.4 is 10.2 Å². The number of halogens is 2. The minimum Gasteiger partial charge on any atom is -0.507 e. The van der Waals surface area contributed by atoms with Gasteiger partial charge in [-0.2, -0.15) is 0 Å². The van der Waals surface area contributed by atoms with Crippen LogP contribution in [-0.4, -0.2) is 11.0 Å². The number of phenols is 1. The van der Waals surface area contributed by atoms with E-state index < -0.39 is 6.17 Å². The molecular formula is C20H14BrFN2O2. The number of nitrogens with zero attached hydrogens (tertiary/aromatic N) is 1. The van der Waals surface area contributed by atoms with Crippen LogP contribution in [0.15, 0.2) is 71.2 Å². The summed E-state index contributed by atoms with van der Waals surface area (Å²) in [4.78, 5) is 14.7. The van der Waals surface area contributed by atoms with Gasteiger partial charge in [-0.05, 0) is 48.5 Å². The molecule has 1 aliphatic heterocycles. The highest BCUT2D eigenvalue weighted by atomic mass is 79.9. The van der Waals surface area contributed by atoms with E-state index in [-0.39, 0.29) is 17.5 Å². The van der Waals surface area contributed by atoms with Crippen LogP contribution in [-0.2, 0) is 0 Å². The fourth-order valence-electron chi connectivity index (χ4n) is 3.12. The van der Waals surface area contributed by atoms with E-state index in [9.17, 15) is 14.3 Å². The fraction of sp³-hybridized carbons (Fsp3) is 0.0500. The van der Waals surface area contributed by atoms with Gasteiger partial charge in [0.2, 0.25) is 0 Å². The molecule has 0 spiro atoms. The predicted octanol–water partition coefficient (Wildman–Crippen LogP) is 5.06. The number of carbonyl (C=O) groups is 1. The van der Waals surface area contributed by atoms with Gasteiger partial charge in [0.15, 0.2) is 0 Å². The van der Waals surface area contributed by atoms with Gasteiger partial charge in [-0.15, -0.1) is 0 Å². The molecule has 0 fully saturated rings. The second kappa shape index (κ2) is 6.46. The second-order valence-corrected chi connectivity index (χ2v) is 6.77. The Balaban J connectivity index is 1.92. The maximum absolute atomic E-state index is 13.4. The highest BCUT2D eigenvalue weighted by Crippen LogP contribution is 2.41. The van der Waals surface area contributed by atoms with Gasteiger partial charge in [-0.1, -0.05) is 34.1 Å². The fourth-order valence-corrected chi connectivity index (χ4v) is 3.69. The molecule has 26 heavy (non-hydrogen) atoms. The van der Waals surface area contributed by atoms with Crippen molar-refractivity contribution in [2.24, 2.45) is 0 Å². The number of para-hydroxylation sites is 1. The number of carbonyl (C=O) groups excluding carboxylic acids is 1. The zero-order valence-electron chi connectivity index (χ0n) is 13.5. The summed E-state index contributed by atoms with van der Waals surface area (Å²) in [6.45, 7) is 0. The molecule has 3 aromatic carbocycles. The van der Waals surface area contributed by atoms with E-state index in [2.05, 4.69) is 21.2 Å². The summed E-state index contributed by atoms with van der Waals surface area (Å²) in [5, 5.41) is 13.7. The molecule has 4 rings (SSSR count). The zero-order valence-corrected chi connectivity index (χ0v) is 15.1. The minimum absolute atomic E-state index is 0.0520. The van der Waals surface area contributed by atoms with Gasteiger partial charge in [-0.25, -0.2) is 4.39 Å². The molecule has 0 aliphatic carbocycles. The third-order valence-corrected chi connectivity index (χ3v) is 5.03. The third kappa shape index (κ3) is 2.72. The summed E-state index contributed by atoms with van der Waals surface area (Å²) < 4.78 is 14.0. The van der Waals surface area contributed by atoms with Gasteiger partial charge >= 0.3 is 0 Å². The highest BCUT2D eigenvalue weighted by molar-refractivity contribution is 9.10. The largest absolute Gasteiger partial charge is 0.507 e. The first kappa shape index (κ1) is 16.6. The van der Waals surface area contributed by atoms with Crippen molar-refractivity contribution >= 4 is 33.2 Å². The number of fused-ring (bicyclic) bond motifs is 1. The second-order valence-electron chi connectivity index (χ2n) is 5.92. The molecule has 0 saturated heterocycles. The average molecular weight is 413 g/mol. The van der Waals surface area contributed by atoms with Crippen LogP contribution in [0.1, 0.15) is 22.1 Å². The Hall–Kier alpha value is -2.86. The first-order valence-corrected chi connectivity index (χ1v) is 8.77. The van der Waals surface area contributed by atoms with Gasteiger partial charge in [0, 0.05) is 15.8 Å². The van der Waals surface area contributed by atoms with E-state index in [0.29, 0.717) is 27.0 Å². The lowest BCUT2D eigenvalue weighted by molar-refractivity contribution is 0.0974. The quantitative estimate of drug-likeness (QED) is 0.617. The molecule has 3 aromatic rings. The maximum atomic E-state index is 13.4. The Morgan fingerprint density at radius 2 is 1.73 bits per heavy atom. The molecule has 0 aromatic heterocycles. The Labute approximate surface area is 158 Å². The summed E-state index contributed by atoms with van der Waals surface area (Å²) in [5.74, 6) is -0.561. The smallest absolute Gasteiger partial charge is 0.262 e. The molecular weight excluding hydrogens is 399 g/mol. The van der Waals surface area contributed by atoms with Gasteiger partial charge in [-0.3, -0.25) is 9.69 Å². The van der Waals surface area contributed by atoms with E-state index in [1.807, 2.05) is 12.1 Å². The van der Waals surface area contributed by atoms with Crippen molar-refractivity contribution in [2.75, 3.05) is 10.2 Å². The topological polar surface area (TPSA) is 52.6 Å². The summed E-state index contributed by atoms with van der Waals surface area (Å²) in [5.41, 5.74) is 2.24. The van der Waals surface area contributed by atoms with Crippen LogP contribution in [0.4, 0.5) is 15.8 Å². The normalized spacial score (nSPS) is 16.2. The Morgan fingerprint density at radius 1 is 1.00 bits per heavy atom. The average Bonchev–Trinajstić information content (AvgIpc) is 2.63. The van der Waals surface area contributed by atoms with E-state index in [0.717, 1.165) is 0 Å². The standard InChI is InChI=1S/C20H14BrFN2O2/c21-15-5-3-7-17(25)18(15)19-23-16-6-2-1-4-14(16)20(26)24(19)13-10-8-12(22)9-11-13/h1-11,19,23,25H. The van der Waals surface area contributed by atoms with Crippen LogP contribution >= 0.6 is 15.9 Å². The van der Waals surface area contributed by atoms with Crippen LogP contribution in [0.3, 0.4) is 0 Å². The Kier molecular flexibility index (Phi) is 4.12. The monoisotopic (exact) mass is 412 g/mol. The van der Waals surface area contributed by atoms with Crippen molar-refractivity contribution in [3.05, 3.63) is 88.1 Å². The molecule has 6 heteroatoms. The van der Waals surface area contributed by atoms with E-state index in [1.54, 1.807) is 42.5 Å². The SMILES string of the molecule is O=C1c2ccccc2NC(c2c(O)cccc2Br)N1c1ccc(F)cc1. The molecule has 0 radical (unpaired) electrons. The van der Waals surface area contributed by atoms with Gasteiger partial charge in [0.25, 0.3) is 5.91 Å². The molecule has 0 bridgehead atoms. The lowest BCUT2D eigenvalue weighted by Crippen LogP contribution is -2.43. The molecule has 0 saturated carbocycles. The summed E-state index contributed by atoms with van der Waals surface area (Å²) in [7, 11) is 0.